The van der Waals surface area contributed by atoms with Gasteiger partial charge in [-0.2, -0.15) is 0 Å². The fourth-order valence-electron chi connectivity index (χ4n) is 2.02. The van der Waals surface area contributed by atoms with E-state index in [1.807, 2.05) is 18.2 Å². The van der Waals surface area contributed by atoms with Crippen LogP contribution in [0.4, 0.5) is 0 Å². The largest absolute Gasteiger partial charge is 0.338 e. The molecular formula is C14H14N4. The quantitative estimate of drug-likeness (QED) is 0.734. The molecule has 0 spiro atoms. The van der Waals surface area contributed by atoms with E-state index in [4.69, 9.17) is 5.73 Å². The van der Waals surface area contributed by atoms with Gasteiger partial charge in [0.05, 0.1) is 11.0 Å². The number of imidazole rings is 1. The van der Waals surface area contributed by atoms with E-state index in [9.17, 15) is 0 Å². The molecule has 4 heteroatoms. The molecule has 0 saturated carbocycles. The zero-order chi connectivity index (χ0) is 12.4. The Morgan fingerprint density at radius 1 is 1.22 bits per heavy atom. The number of benzene rings is 1. The number of hydrogen-bond acceptors (Lipinski definition) is 3. The molecule has 0 aliphatic carbocycles. The summed E-state index contributed by atoms with van der Waals surface area (Å²) in [7, 11) is 0. The third kappa shape index (κ3) is 1.98. The van der Waals surface area contributed by atoms with Gasteiger partial charge in [0.25, 0.3) is 0 Å². The predicted molar refractivity (Wildman–Crippen MR) is 72.1 cm³/mol. The molecule has 0 radical (unpaired) electrons. The maximum Gasteiger partial charge on any atom is 0.140 e. The average Bonchev–Trinajstić information content (AvgIpc) is 2.83. The minimum absolute atomic E-state index is 0.662. The van der Waals surface area contributed by atoms with Crippen LogP contribution in [-0.2, 0) is 6.42 Å². The highest BCUT2D eigenvalue weighted by Gasteiger charge is 2.05. The Morgan fingerprint density at radius 3 is 2.94 bits per heavy atom. The van der Waals surface area contributed by atoms with E-state index in [1.54, 1.807) is 12.4 Å². The lowest BCUT2D eigenvalue weighted by molar-refractivity contribution is 0.970. The molecule has 0 bridgehead atoms. The molecule has 3 rings (SSSR count). The van der Waals surface area contributed by atoms with Gasteiger partial charge in [0, 0.05) is 18.0 Å². The van der Waals surface area contributed by atoms with Crippen molar-refractivity contribution in [1.29, 1.82) is 0 Å². The molecule has 0 unspecified atom stereocenters. The molecule has 0 fully saturated rings. The first-order chi connectivity index (χ1) is 8.86. The highest BCUT2D eigenvalue weighted by molar-refractivity contribution is 5.79. The van der Waals surface area contributed by atoms with Crippen LogP contribution in [0.1, 0.15) is 5.56 Å². The van der Waals surface area contributed by atoms with Gasteiger partial charge in [-0.1, -0.05) is 6.07 Å². The fourth-order valence-corrected chi connectivity index (χ4v) is 2.02. The average molecular weight is 238 g/mol. The van der Waals surface area contributed by atoms with Crippen molar-refractivity contribution in [2.75, 3.05) is 6.54 Å². The van der Waals surface area contributed by atoms with Gasteiger partial charge in [-0.05, 0) is 42.8 Å². The molecule has 18 heavy (non-hydrogen) atoms. The highest BCUT2D eigenvalue weighted by atomic mass is 14.9. The summed E-state index contributed by atoms with van der Waals surface area (Å²) < 4.78 is 0. The summed E-state index contributed by atoms with van der Waals surface area (Å²) in [4.78, 5) is 12.0. The van der Waals surface area contributed by atoms with Crippen molar-refractivity contribution >= 4 is 11.0 Å². The van der Waals surface area contributed by atoms with Crippen LogP contribution in [-0.4, -0.2) is 21.5 Å². The Labute approximate surface area is 105 Å². The van der Waals surface area contributed by atoms with Crippen molar-refractivity contribution in [3.05, 3.63) is 48.3 Å². The molecule has 3 aromatic rings. The van der Waals surface area contributed by atoms with Gasteiger partial charge < -0.3 is 10.7 Å². The van der Waals surface area contributed by atoms with Crippen LogP contribution in [0.2, 0.25) is 0 Å². The highest BCUT2D eigenvalue weighted by Crippen LogP contribution is 2.20. The van der Waals surface area contributed by atoms with Gasteiger partial charge in [0.2, 0.25) is 0 Å². The molecule has 0 aliphatic heterocycles. The summed E-state index contributed by atoms with van der Waals surface area (Å²) in [6, 6.07) is 10.1. The third-order valence-electron chi connectivity index (χ3n) is 2.91. The van der Waals surface area contributed by atoms with Crippen LogP contribution < -0.4 is 5.73 Å². The summed E-state index contributed by atoms with van der Waals surface area (Å²) in [5.74, 6) is 0.850. The number of rotatable bonds is 3. The predicted octanol–water partition coefficient (Wildman–Crippen LogP) is 2.13. The first-order valence-electron chi connectivity index (χ1n) is 5.96. The van der Waals surface area contributed by atoms with Crippen LogP contribution in [0.25, 0.3) is 22.4 Å². The third-order valence-corrected chi connectivity index (χ3v) is 2.91. The number of nitrogens with two attached hydrogens (primary N) is 1. The van der Waals surface area contributed by atoms with E-state index in [2.05, 4.69) is 27.1 Å². The molecule has 0 aliphatic rings. The van der Waals surface area contributed by atoms with Gasteiger partial charge in [-0.3, -0.25) is 4.98 Å². The minimum atomic E-state index is 0.662. The minimum Gasteiger partial charge on any atom is -0.338 e. The van der Waals surface area contributed by atoms with E-state index in [0.29, 0.717) is 6.54 Å². The van der Waals surface area contributed by atoms with Gasteiger partial charge in [0.15, 0.2) is 0 Å². The molecule has 2 aromatic heterocycles. The number of pyridine rings is 1. The zero-order valence-electron chi connectivity index (χ0n) is 9.93. The summed E-state index contributed by atoms with van der Waals surface area (Å²) in [6.07, 6.45) is 4.45. The van der Waals surface area contributed by atoms with E-state index in [0.717, 1.165) is 28.8 Å². The molecule has 3 N–H and O–H groups in total. The van der Waals surface area contributed by atoms with E-state index in [1.165, 1.54) is 5.56 Å². The summed E-state index contributed by atoms with van der Waals surface area (Å²) in [6.45, 7) is 0.662. The molecule has 0 saturated heterocycles. The Morgan fingerprint density at radius 2 is 2.17 bits per heavy atom. The van der Waals surface area contributed by atoms with Crippen LogP contribution in [0.5, 0.6) is 0 Å². The molecule has 0 amide bonds. The van der Waals surface area contributed by atoms with Crippen molar-refractivity contribution in [2.24, 2.45) is 5.73 Å². The van der Waals surface area contributed by atoms with Crippen molar-refractivity contribution < 1.29 is 0 Å². The van der Waals surface area contributed by atoms with Crippen molar-refractivity contribution in [3.63, 3.8) is 0 Å². The van der Waals surface area contributed by atoms with Crippen molar-refractivity contribution in [2.45, 2.75) is 6.42 Å². The van der Waals surface area contributed by atoms with E-state index in [-0.39, 0.29) is 0 Å². The summed E-state index contributed by atoms with van der Waals surface area (Å²) in [5.41, 5.74) is 9.80. The van der Waals surface area contributed by atoms with E-state index >= 15 is 0 Å². The van der Waals surface area contributed by atoms with Crippen LogP contribution in [0.15, 0.2) is 42.7 Å². The Balaban J connectivity index is 2.06. The molecule has 2 heterocycles. The van der Waals surface area contributed by atoms with Gasteiger partial charge >= 0.3 is 0 Å². The molecule has 90 valence electrons. The Bertz CT molecular complexity index is 658. The summed E-state index contributed by atoms with van der Waals surface area (Å²) >= 11 is 0. The molecule has 4 nitrogen and oxygen atoms in total. The van der Waals surface area contributed by atoms with Gasteiger partial charge in [-0.25, -0.2) is 4.98 Å². The number of aromatic amines is 1. The second-order valence-electron chi connectivity index (χ2n) is 4.22. The molecule has 1 aromatic carbocycles. The monoisotopic (exact) mass is 238 g/mol. The Kier molecular flexibility index (Phi) is 2.78. The standard InChI is InChI=1S/C14H14N4/c15-6-5-10-3-4-12-13(8-10)18-14(17-12)11-2-1-7-16-9-11/h1-4,7-9H,5-6,15H2,(H,17,18). The molecular weight excluding hydrogens is 224 g/mol. The lowest BCUT2D eigenvalue weighted by Gasteiger charge is -1.96. The SMILES string of the molecule is NCCc1ccc2nc(-c3cccnc3)[nH]c2c1. The van der Waals surface area contributed by atoms with Gasteiger partial charge in [0.1, 0.15) is 5.82 Å². The number of nitrogens with one attached hydrogen (secondary N) is 1. The number of aromatic nitrogens is 3. The maximum atomic E-state index is 5.57. The Hall–Kier alpha value is -2.20. The number of H-pyrrole nitrogens is 1. The second-order valence-corrected chi connectivity index (χ2v) is 4.22. The number of nitrogens with zero attached hydrogens (tertiary/aromatic N) is 2. The second kappa shape index (κ2) is 4.58. The molecule has 0 atom stereocenters. The van der Waals surface area contributed by atoms with Crippen LogP contribution in [0.3, 0.4) is 0 Å². The first kappa shape index (κ1) is 10.9. The van der Waals surface area contributed by atoms with Crippen LogP contribution >= 0.6 is 0 Å². The number of hydrogen-bond donors (Lipinski definition) is 2. The van der Waals surface area contributed by atoms with Gasteiger partial charge in [-0.15, -0.1) is 0 Å². The van der Waals surface area contributed by atoms with Crippen LogP contribution in [0, 0.1) is 0 Å². The lowest BCUT2D eigenvalue weighted by Crippen LogP contribution is -2.02. The lowest BCUT2D eigenvalue weighted by atomic mass is 10.1. The van der Waals surface area contributed by atoms with Crippen molar-refractivity contribution in [3.8, 4) is 11.4 Å². The topological polar surface area (TPSA) is 67.6 Å². The maximum absolute atomic E-state index is 5.57. The van der Waals surface area contributed by atoms with Crippen molar-refractivity contribution in [1.82, 2.24) is 15.0 Å². The normalized spacial score (nSPS) is 10.9. The van der Waals surface area contributed by atoms with E-state index < -0.39 is 0 Å². The number of fused-ring (bicyclic) bond motifs is 1. The fraction of sp³-hybridized carbons (Fsp3) is 0.143. The first-order valence-corrected chi connectivity index (χ1v) is 5.96. The summed E-state index contributed by atoms with van der Waals surface area (Å²) in [5, 5.41) is 0. The zero-order valence-corrected chi connectivity index (χ0v) is 9.93. The smallest absolute Gasteiger partial charge is 0.140 e.